The number of carbonyl (C=O) groups is 2. The molecule has 0 aromatic heterocycles. The minimum Gasteiger partial charge on any atom is -0.462 e. The van der Waals surface area contributed by atoms with Gasteiger partial charge in [-0.25, -0.2) is 4.79 Å². The van der Waals surface area contributed by atoms with E-state index < -0.39 is 0 Å². The molecule has 4 heteroatoms. The highest BCUT2D eigenvalue weighted by Gasteiger charge is 2.15. The molecule has 4 nitrogen and oxygen atoms in total. The number of carbonyl (C=O) groups excluding carboxylic acids is 2. The van der Waals surface area contributed by atoms with E-state index in [0.717, 1.165) is 0 Å². The number of esters is 1. The quantitative estimate of drug-likeness (QED) is 0.595. The van der Waals surface area contributed by atoms with Crippen LogP contribution in [0.25, 0.3) is 0 Å². The largest absolute Gasteiger partial charge is 0.462 e. The molecule has 0 heterocycles. The van der Waals surface area contributed by atoms with Crippen LogP contribution in [0.4, 0.5) is 0 Å². The van der Waals surface area contributed by atoms with Crippen molar-refractivity contribution in [3.63, 3.8) is 0 Å². The first-order valence-corrected chi connectivity index (χ1v) is 7.11. The molecule has 0 aliphatic rings. The van der Waals surface area contributed by atoms with E-state index in [1.807, 2.05) is 27.7 Å². The Morgan fingerprint density at radius 3 is 2.05 bits per heavy atom. The van der Waals surface area contributed by atoms with Gasteiger partial charge in [0, 0.05) is 11.5 Å². The topological polar surface area (TPSA) is 52.6 Å². The Labute approximate surface area is 126 Å². The van der Waals surface area contributed by atoms with Crippen LogP contribution in [0.1, 0.15) is 55.3 Å². The van der Waals surface area contributed by atoms with Crippen molar-refractivity contribution in [3.05, 3.63) is 35.4 Å². The lowest BCUT2D eigenvalue weighted by atomic mass is 10.1. The summed E-state index contributed by atoms with van der Waals surface area (Å²) in [7, 11) is 0. The lowest BCUT2D eigenvalue weighted by Crippen LogP contribution is -2.25. The fraction of sp³-hybridized carbons (Fsp3) is 0.529. The van der Waals surface area contributed by atoms with Gasteiger partial charge in [-0.05, 0) is 39.8 Å². The molecule has 0 radical (unpaired) electrons. The summed E-state index contributed by atoms with van der Waals surface area (Å²) in [6.45, 7) is 10.3. The molecule has 0 N–H and O–H groups in total. The number of ketones is 1. The van der Waals surface area contributed by atoms with Crippen LogP contribution in [0.2, 0.25) is 0 Å². The maximum atomic E-state index is 11.9. The van der Waals surface area contributed by atoms with E-state index in [4.69, 9.17) is 9.47 Å². The molecule has 0 spiro atoms. The first kappa shape index (κ1) is 17.4. The van der Waals surface area contributed by atoms with Crippen LogP contribution < -0.4 is 0 Å². The molecule has 116 valence electrons. The number of benzene rings is 1. The van der Waals surface area contributed by atoms with Crippen LogP contribution in [-0.4, -0.2) is 30.6 Å². The van der Waals surface area contributed by atoms with Crippen molar-refractivity contribution in [1.29, 1.82) is 0 Å². The third-order valence-electron chi connectivity index (χ3n) is 2.83. The van der Waals surface area contributed by atoms with Crippen molar-refractivity contribution in [2.75, 3.05) is 13.2 Å². The zero-order chi connectivity index (χ0) is 16.0. The second-order valence-electron chi connectivity index (χ2n) is 6.26. The normalized spacial score (nSPS) is 12.8. The number of ether oxygens (including phenoxy) is 2. The van der Waals surface area contributed by atoms with E-state index in [1.165, 1.54) is 6.92 Å². The van der Waals surface area contributed by atoms with Gasteiger partial charge in [0.1, 0.15) is 0 Å². The smallest absolute Gasteiger partial charge is 0.338 e. The van der Waals surface area contributed by atoms with Crippen molar-refractivity contribution >= 4 is 11.8 Å². The van der Waals surface area contributed by atoms with Crippen molar-refractivity contribution in [3.8, 4) is 0 Å². The number of hydrogen-bond acceptors (Lipinski definition) is 4. The Kier molecular flexibility index (Phi) is 6.09. The lowest BCUT2D eigenvalue weighted by molar-refractivity contribution is -0.0310. The van der Waals surface area contributed by atoms with Crippen LogP contribution in [-0.2, 0) is 9.47 Å². The van der Waals surface area contributed by atoms with Gasteiger partial charge in [-0.1, -0.05) is 19.1 Å². The van der Waals surface area contributed by atoms with Gasteiger partial charge in [0.2, 0.25) is 0 Å². The zero-order valence-electron chi connectivity index (χ0n) is 13.4. The number of Topliss-reactive ketones (excluding diaryl/α,β-unsaturated/α-hetero) is 1. The molecule has 21 heavy (non-hydrogen) atoms. The van der Waals surface area contributed by atoms with Crippen LogP contribution in [0.15, 0.2) is 24.3 Å². The van der Waals surface area contributed by atoms with Gasteiger partial charge < -0.3 is 9.47 Å². The van der Waals surface area contributed by atoms with Crippen molar-refractivity contribution in [2.45, 2.75) is 40.2 Å². The van der Waals surface area contributed by atoms with E-state index in [-0.39, 0.29) is 23.3 Å². The minimum absolute atomic E-state index is 0.0251. The highest BCUT2D eigenvalue weighted by molar-refractivity contribution is 5.96. The third-order valence-corrected chi connectivity index (χ3v) is 2.83. The summed E-state index contributed by atoms with van der Waals surface area (Å²) in [6, 6.07) is 6.47. The molecule has 0 aliphatic heterocycles. The summed E-state index contributed by atoms with van der Waals surface area (Å²) >= 11 is 0. The summed E-state index contributed by atoms with van der Waals surface area (Å²) in [5, 5.41) is 0. The minimum atomic E-state index is -0.382. The van der Waals surface area contributed by atoms with E-state index in [9.17, 15) is 9.59 Å². The monoisotopic (exact) mass is 292 g/mol. The summed E-state index contributed by atoms with van der Waals surface area (Å²) in [5.74, 6) is -0.278. The van der Waals surface area contributed by atoms with Gasteiger partial charge in [0.25, 0.3) is 0 Å². The Bertz CT molecular complexity index is 483. The molecule has 1 atom stereocenters. The van der Waals surface area contributed by atoms with E-state index in [1.54, 1.807) is 24.3 Å². The standard InChI is InChI=1S/C17H24O4/c1-12(11-21-17(3,4)5)10-20-16(19)15-8-6-14(7-9-15)13(2)18/h6-9,12H,10-11H2,1-5H3. The predicted octanol–water partition coefficient (Wildman–Crippen LogP) is 3.50. The highest BCUT2D eigenvalue weighted by Crippen LogP contribution is 2.11. The average Bonchev–Trinajstić information content (AvgIpc) is 2.41. The SMILES string of the molecule is CC(=O)c1ccc(C(=O)OCC(C)COC(C)(C)C)cc1. The number of rotatable bonds is 6. The molecule has 0 amide bonds. The average molecular weight is 292 g/mol. The van der Waals surface area contributed by atoms with E-state index in [0.29, 0.717) is 24.3 Å². The Balaban J connectivity index is 2.44. The van der Waals surface area contributed by atoms with E-state index in [2.05, 4.69) is 0 Å². The zero-order valence-corrected chi connectivity index (χ0v) is 13.4. The van der Waals surface area contributed by atoms with Gasteiger partial charge >= 0.3 is 5.97 Å². The number of hydrogen-bond donors (Lipinski definition) is 0. The molecule has 0 bridgehead atoms. The van der Waals surface area contributed by atoms with Gasteiger partial charge in [-0.2, -0.15) is 0 Å². The maximum Gasteiger partial charge on any atom is 0.338 e. The lowest BCUT2D eigenvalue weighted by Gasteiger charge is -2.22. The summed E-state index contributed by atoms with van der Waals surface area (Å²) in [4.78, 5) is 23.0. The first-order valence-electron chi connectivity index (χ1n) is 7.11. The molecular formula is C17H24O4. The Morgan fingerprint density at radius 2 is 1.57 bits per heavy atom. The third kappa shape index (κ3) is 6.54. The molecule has 1 rings (SSSR count). The van der Waals surface area contributed by atoms with Gasteiger partial charge in [-0.3, -0.25) is 4.79 Å². The van der Waals surface area contributed by atoms with Gasteiger partial charge in [0.05, 0.1) is 24.4 Å². The fourth-order valence-electron chi connectivity index (χ4n) is 1.58. The van der Waals surface area contributed by atoms with E-state index >= 15 is 0 Å². The molecule has 1 unspecified atom stereocenters. The molecule has 0 saturated heterocycles. The van der Waals surface area contributed by atoms with Crippen LogP contribution >= 0.6 is 0 Å². The highest BCUT2D eigenvalue weighted by atomic mass is 16.5. The molecule has 1 aromatic rings. The predicted molar refractivity (Wildman–Crippen MR) is 81.6 cm³/mol. The van der Waals surface area contributed by atoms with Crippen LogP contribution in [0.5, 0.6) is 0 Å². The maximum absolute atomic E-state index is 11.9. The van der Waals surface area contributed by atoms with Gasteiger partial charge in [0.15, 0.2) is 5.78 Å². The van der Waals surface area contributed by atoms with Crippen molar-refractivity contribution in [1.82, 2.24) is 0 Å². The second-order valence-corrected chi connectivity index (χ2v) is 6.26. The summed E-state index contributed by atoms with van der Waals surface area (Å²) in [5.41, 5.74) is 0.836. The molecule has 1 aromatic carbocycles. The molecule has 0 fully saturated rings. The molecule has 0 aliphatic carbocycles. The van der Waals surface area contributed by atoms with Crippen molar-refractivity contribution in [2.24, 2.45) is 5.92 Å². The first-order chi connectivity index (χ1) is 9.69. The summed E-state index contributed by atoms with van der Waals surface area (Å²) < 4.78 is 10.9. The van der Waals surface area contributed by atoms with Gasteiger partial charge in [-0.15, -0.1) is 0 Å². The fourth-order valence-corrected chi connectivity index (χ4v) is 1.58. The molecule has 0 saturated carbocycles. The second kappa shape index (κ2) is 7.36. The Hall–Kier alpha value is -1.68. The van der Waals surface area contributed by atoms with Crippen molar-refractivity contribution < 1.29 is 19.1 Å². The molecular weight excluding hydrogens is 268 g/mol. The summed E-state index contributed by atoms with van der Waals surface area (Å²) in [6.07, 6.45) is 0. The Morgan fingerprint density at radius 1 is 1.05 bits per heavy atom. The van der Waals surface area contributed by atoms with Crippen LogP contribution in [0.3, 0.4) is 0 Å². The van der Waals surface area contributed by atoms with Crippen LogP contribution in [0, 0.1) is 5.92 Å².